The molecule has 1 fully saturated rings. The molecular weight excluding hydrogens is 263 g/mol. The summed E-state index contributed by atoms with van der Waals surface area (Å²) in [6, 6.07) is 0. The van der Waals surface area contributed by atoms with Crippen LogP contribution in [0.25, 0.3) is 0 Å². The van der Waals surface area contributed by atoms with Gasteiger partial charge in [-0.3, -0.25) is 0 Å². The summed E-state index contributed by atoms with van der Waals surface area (Å²) in [4.78, 5) is 18.1. The molecule has 84 valence electrons. The topological polar surface area (TPSA) is 49.7 Å². The van der Waals surface area contributed by atoms with Crippen molar-refractivity contribution in [2.24, 2.45) is 5.92 Å². The van der Waals surface area contributed by atoms with Crippen LogP contribution in [0.3, 0.4) is 0 Å². The maximum atomic E-state index is 12.5. The molecule has 3 nitrogen and oxygen atoms in total. The van der Waals surface area contributed by atoms with E-state index in [4.69, 9.17) is 9.22 Å². The SMILES string of the molecule is O[Si][Si](O)[Si](OCCC1CCCC1)[Si]F. The number of rotatable bonds is 7. The molecule has 1 aliphatic rings. The van der Waals surface area contributed by atoms with Gasteiger partial charge in [-0.25, -0.2) is 0 Å². The van der Waals surface area contributed by atoms with E-state index < -0.39 is 34.8 Å². The molecule has 2 N–H and O–H groups in total. The molecule has 1 rings (SSSR count). The van der Waals surface area contributed by atoms with Crippen LogP contribution in [0.1, 0.15) is 32.1 Å². The first-order valence-corrected chi connectivity index (χ1v) is 12.8. The molecule has 0 aromatic carbocycles. The Morgan fingerprint density at radius 3 is 2.60 bits per heavy atom. The molecular formula is C7H15FO3Si4. The van der Waals surface area contributed by atoms with Gasteiger partial charge in [-0.05, 0) is 12.3 Å². The summed E-state index contributed by atoms with van der Waals surface area (Å²) in [5, 5.41) is 0. The Balaban J connectivity index is 2.10. The monoisotopic (exact) mass is 278 g/mol. The third-order valence-electron chi connectivity index (χ3n) is 2.65. The van der Waals surface area contributed by atoms with E-state index in [-0.39, 0.29) is 0 Å². The highest BCUT2D eigenvalue weighted by Crippen LogP contribution is 2.27. The molecule has 1 aliphatic carbocycles. The molecule has 0 amide bonds. The lowest BCUT2D eigenvalue weighted by Gasteiger charge is -2.14. The van der Waals surface area contributed by atoms with Gasteiger partial charge >= 0.3 is 9.37 Å². The second-order valence-electron chi connectivity index (χ2n) is 3.67. The minimum atomic E-state index is -1.91. The fourth-order valence-electron chi connectivity index (χ4n) is 1.82. The molecule has 0 spiro atoms. The lowest BCUT2D eigenvalue weighted by molar-refractivity contribution is 0.291. The van der Waals surface area contributed by atoms with Crippen LogP contribution in [0.2, 0.25) is 0 Å². The zero-order valence-electron chi connectivity index (χ0n) is 8.50. The highest BCUT2D eigenvalue weighted by Gasteiger charge is 2.29. The van der Waals surface area contributed by atoms with Crippen molar-refractivity contribution < 1.29 is 18.1 Å². The van der Waals surface area contributed by atoms with E-state index in [2.05, 4.69) is 0 Å². The van der Waals surface area contributed by atoms with Crippen LogP contribution in [0.4, 0.5) is 4.11 Å². The molecule has 0 atom stereocenters. The Bertz CT molecular complexity index is 170. The summed E-state index contributed by atoms with van der Waals surface area (Å²) in [7, 11) is -4.98. The van der Waals surface area contributed by atoms with Gasteiger partial charge in [-0.1, -0.05) is 25.7 Å². The van der Waals surface area contributed by atoms with Gasteiger partial charge in [0.15, 0.2) is 0 Å². The molecule has 0 aromatic heterocycles. The Labute approximate surface area is 97.8 Å². The minimum absolute atomic E-state index is 0.518. The van der Waals surface area contributed by atoms with Crippen molar-refractivity contribution in [3.05, 3.63) is 0 Å². The standard InChI is InChI=1S/C7H15FO3Si4/c8-12-15(14(10)13-9)11-6-5-7-3-1-2-4-7/h7,9-10H,1-6H2. The summed E-state index contributed by atoms with van der Waals surface area (Å²) in [6.07, 6.45) is 6.13. The van der Waals surface area contributed by atoms with Crippen LogP contribution in [0, 0.1) is 5.92 Å². The van der Waals surface area contributed by atoms with Crippen LogP contribution in [0.5, 0.6) is 0 Å². The van der Waals surface area contributed by atoms with Crippen LogP contribution < -0.4 is 0 Å². The van der Waals surface area contributed by atoms with E-state index in [1.807, 2.05) is 0 Å². The van der Waals surface area contributed by atoms with Crippen molar-refractivity contribution in [1.29, 1.82) is 0 Å². The van der Waals surface area contributed by atoms with E-state index in [1.54, 1.807) is 0 Å². The number of hydrogen-bond donors (Lipinski definition) is 2. The largest absolute Gasteiger partial charge is 0.433 e. The average Bonchev–Trinajstić information content (AvgIpc) is 2.76. The Hall–Kier alpha value is 0.678. The van der Waals surface area contributed by atoms with E-state index in [9.17, 15) is 8.90 Å². The highest BCUT2D eigenvalue weighted by molar-refractivity contribution is 7.53. The summed E-state index contributed by atoms with van der Waals surface area (Å²) in [5.74, 6) is 0.738. The summed E-state index contributed by atoms with van der Waals surface area (Å²) >= 11 is 0. The number of hydrogen-bond acceptors (Lipinski definition) is 3. The van der Waals surface area contributed by atoms with E-state index >= 15 is 0 Å². The van der Waals surface area contributed by atoms with Crippen LogP contribution >= 0.6 is 0 Å². The van der Waals surface area contributed by atoms with Gasteiger partial charge in [0.05, 0.1) is 0 Å². The summed E-state index contributed by atoms with van der Waals surface area (Å²) < 4.78 is 17.9. The first-order chi connectivity index (χ1) is 7.27. The van der Waals surface area contributed by atoms with Gasteiger partial charge in [0.1, 0.15) is 0 Å². The van der Waals surface area contributed by atoms with E-state index in [0.717, 1.165) is 12.3 Å². The predicted octanol–water partition coefficient (Wildman–Crippen LogP) is -0.169. The zero-order valence-corrected chi connectivity index (χ0v) is 12.5. The second kappa shape index (κ2) is 7.87. The van der Waals surface area contributed by atoms with Crippen LogP contribution in [-0.2, 0) is 4.43 Å². The Morgan fingerprint density at radius 2 is 2.07 bits per heavy atom. The zero-order chi connectivity index (χ0) is 11.1. The second-order valence-corrected chi connectivity index (χ2v) is 15.5. The van der Waals surface area contributed by atoms with Gasteiger partial charge in [0.2, 0.25) is 17.4 Å². The maximum absolute atomic E-state index is 12.5. The third-order valence-corrected chi connectivity index (χ3v) is 15.5. The van der Waals surface area contributed by atoms with Crippen molar-refractivity contribution in [1.82, 2.24) is 0 Å². The van der Waals surface area contributed by atoms with Crippen molar-refractivity contribution in [3.63, 3.8) is 0 Å². The van der Waals surface area contributed by atoms with Gasteiger partial charge in [-0.2, -0.15) is 0 Å². The van der Waals surface area contributed by atoms with Gasteiger partial charge < -0.3 is 18.1 Å². The minimum Gasteiger partial charge on any atom is -0.433 e. The third kappa shape index (κ3) is 5.02. The summed E-state index contributed by atoms with van der Waals surface area (Å²) in [6.45, 7) is 0.565. The molecule has 15 heavy (non-hydrogen) atoms. The van der Waals surface area contributed by atoms with Crippen LogP contribution in [-0.4, -0.2) is 51.0 Å². The lowest BCUT2D eigenvalue weighted by Crippen LogP contribution is -2.47. The molecule has 8 heteroatoms. The van der Waals surface area contributed by atoms with E-state index in [0.29, 0.717) is 6.61 Å². The average molecular weight is 279 g/mol. The van der Waals surface area contributed by atoms with Gasteiger partial charge in [-0.15, -0.1) is 0 Å². The molecule has 0 saturated heterocycles. The molecule has 0 heterocycles. The first kappa shape index (κ1) is 13.7. The molecule has 0 bridgehead atoms. The fourth-order valence-corrected chi connectivity index (χ4v) is 9.44. The molecule has 0 aromatic rings. The van der Waals surface area contributed by atoms with Crippen molar-refractivity contribution in [2.45, 2.75) is 32.1 Å². The molecule has 1 saturated carbocycles. The maximum Gasteiger partial charge on any atom is 0.309 e. The van der Waals surface area contributed by atoms with E-state index in [1.165, 1.54) is 25.7 Å². The molecule has 6 radical (unpaired) electrons. The molecule has 0 aliphatic heterocycles. The fraction of sp³-hybridized carbons (Fsp3) is 1.00. The smallest absolute Gasteiger partial charge is 0.309 e. The van der Waals surface area contributed by atoms with Gasteiger partial charge in [0.25, 0.3) is 8.08 Å². The quantitative estimate of drug-likeness (QED) is 0.502. The normalized spacial score (nSPS) is 18.2. The number of halogens is 1. The lowest BCUT2D eigenvalue weighted by atomic mass is 10.1. The van der Waals surface area contributed by atoms with Crippen molar-refractivity contribution in [3.8, 4) is 0 Å². The summed E-state index contributed by atoms with van der Waals surface area (Å²) in [5.41, 5.74) is 0. The highest BCUT2D eigenvalue weighted by atomic mass is 29.8. The Morgan fingerprint density at radius 1 is 1.40 bits per heavy atom. The predicted molar refractivity (Wildman–Crippen MR) is 61.1 cm³/mol. The molecule has 0 unspecified atom stereocenters. The van der Waals surface area contributed by atoms with Crippen LogP contribution in [0.15, 0.2) is 0 Å². The van der Waals surface area contributed by atoms with Crippen molar-refractivity contribution >= 4 is 34.8 Å². The van der Waals surface area contributed by atoms with Crippen molar-refractivity contribution in [2.75, 3.05) is 6.61 Å². The Kier molecular flexibility index (Phi) is 7.21. The first-order valence-electron chi connectivity index (χ1n) is 5.10. The van der Waals surface area contributed by atoms with Gasteiger partial charge in [0, 0.05) is 6.61 Å².